The number of rotatable bonds is 8. The lowest BCUT2D eigenvalue weighted by Crippen LogP contribution is -2.48. The zero-order chi connectivity index (χ0) is 16.7. The molecule has 154 valence electrons. The van der Waals surface area contributed by atoms with Crippen molar-refractivity contribution in [2.24, 2.45) is 11.7 Å². The summed E-state index contributed by atoms with van der Waals surface area (Å²) >= 11 is 1.50. The van der Waals surface area contributed by atoms with Crippen LogP contribution in [0.5, 0.6) is 0 Å². The van der Waals surface area contributed by atoms with Crippen LogP contribution >= 0.6 is 48.6 Å². The molecule has 0 aromatic carbocycles. The second kappa shape index (κ2) is 14.9. The minimum Gasteiger partial charge on any atom is -0.350 e. The van der Waals surface area contributed by atoms with Gasteiger partial charge in [0.1, 0.15) is 5.69 Å². The molecular weight excluding hydrogens is 417 g/mol. The molecule has 1 fully saturated rings. The lowest BCUT2D eigenvalue weighted by atomic mass is 10.1. The molecule has 1 atom stereocenters. The summed E-state index contributed by atoms with van der Waals surface area (Å²) < 4.78 is 0. The van der Waals surface area contributed by atoms with Crippen LogP contribution in [0.3, 0.4) is 0 Å². The number of carbonyl (C=O) groups is 1. The normalized spacial score (nSPS) is 16.0. The Balaban J connectivity index is 0. The van der Waals surface area contributed by atoms with Gasteiger partial charge in [-0.25, -0.2) is 4.98 Å². The molecule has 1 aromatic heterocycles. The SMILES string of the molecule is CCN1CCN(CC(C)CNC(=O)c2csc(CCN)n2)CC1.Cl.Cl.Cl. The summed E-state index contributed by atoms with van der Waals surface area (Å²) in [5, 5.41) is 5.75. The quantitative estimate of drug-likeness (QED) is 0.635. The third kappa shape index (κ3) is 9.17. The highest BCUT2D eigenvalue weighted by atomic mass is 35.5. The number of nitrogens with one attached hydrogen (secondary N) is 1. The fourth-order valence-corrected chi connectivity index (χ4v) is 3.60. The van der Waals surface area contributed by atoms with E-state index in [0.29, 0.717) is 24.7 Å². The van der Waals surface area contributed by atoms with Crippen molar-refractivity contribution in [2.75, 3.05) is 52.4 Å². The Morgan fingerprint density at radius 2 is 1.88 bits per heavy atom. The van der Waals surface area contributed by atoms with Crippen molar-refractivity contribution in [1.82, 2.24) is 20.1 Å². The molecule has 3 N–H and O–H groups in total. The maximum Gasteiger partial charge on any atom is 0.270 e. The molecule has 1 amide bonds. The maximum atomic E-state index is 12.1. The van der Waals surface area contributed by atoms with Crippen molar-refractivity contribution in [3.63, 3.8) is 0 Å². The molecule has 1 saturated heterocycles. The molecule has 0 saturated carbocycles. The van der Waals surface area contributed by atoms with Gasteiger partial charge in [-0.3, -0.25) is 4.79 Å². The highest BCUT2D eigenvalue weighted by Gasteiger charge is 2.18. The minimum absolute atomic E-state index is 0. The predicted molar refractivity (Wildman–Crippen MR) is 117 cm³/mol. The van der Waals surface area contributed by atoms with E-state index < -0.39 is 0 Å². The predicted octanol–water partition coefficient (Wildman–Crippen LogP) is 1.91. The molecule has 1 aromatic rings. The van der Waals surface area contributed by atoms with Crippen LogP contribution < -0.4 is 11.1 Å². The third-order valence-corrected chi connectivity index (χ3v) is 5.14. The highest BCUT2D eigenvalue weighted by molar-refractivity contribution is 7.09. The van der Waals surface area contributed by atoms with E-state index in [0.717, 1.165) is 50.7 Å². The fourth-order valence-electron chi connectivity index (χ4n) is 2.80. The van der Waals surface area contributed by atoms with Crippen LogP contribution in [-0.2, 0) is 6.42 Å². The van der Waals surface area contributed by atoms with Crippen molar-refractivity contribution in [1.29, 1.82) is 0 Å². The number of likely N-dealkylation sites (N-methyl/N-ethyl adjacent to an activating group) is 1. The smallest absolute Gasteiger partial charge is 0.270 e. The van der Waals surface area contributed by atoms with E-state index in [9.17, 15) is 4.79 Å². The van der Waals surface area contributed by atoms with Crippen LogP contribution in [-0.4, -0.2) is 73.0 Å². The molecule has 0 aliphatic carbocycles. The maximum absolute atomic E-state index is 12.1. The molecule has 10 heteroatoms. The van der Waals surface area contributed by atoms with E-state index in [1.165, 1.54) is 11.3 Å². The van der Waals surface area contributed by atoms with Gasteiger partial charge in [-0.15, -0.1) is 48.6 Å². The Morgan fingerprint density at radius 3 is 2.46 bits per heavy atom. The molecule has 6 nitrogen and oxygen atoms in total. The van der Waals surface area contributed by atoms with Gasteiger partial charge in [0, 0.05) is 51.1 Å². The van der Waals surface area contributed by atoms with E-state index in [1.807, 2.05) is 5.38 Å². The standard InChI is InChI=1S/C16H29N5OS.3ClH/c1-3-20-6-8-21(9-7-20)11-13(2)10-18-16(22)14-12-23-15(19-14)4-5-17;;;/h12-13H,3-11,17H2,1-2H3,(H,18,22);3*1H. The van der Waals surface area contributed by atoms with Crippen molar-refractivity contribution < 1.29 is 4.79 Å². The molecule has 0 spiro atoms. The van der Waals surface area contributed by atoms with Gasteiger partial charge in [0.2, 0.25) is 0 Å². The minimum atomic E-state index is -0.0767. The first-order chi connectivity index (χ1) is 11.1. The average Bonchev–Trinajstić information content (AvgIpc) is 3.02. The monoisotopic (exact) mass is 447 g/mol. The molecule has 2 rings (SSSR count). The summed E-state index contributed by atoms with van der Waals surface area (Å²) in [6, 6.07) is 0. The van der Waals surface area contributed by atoms with Gasteiger partial charge in [0.05, 0.1) is 5.01 Å². The number of hydrogen-bond acceptors (Lipinski definition) is 6. The molecular formula is C16H32Cl3N5OS. The Kier molecular flexibility index (Phi) is 16.0. The topological polar surface area (TPSA) is 74.5 Å². The molecule has 0 radical (unpaired) electrons. The van der Waals surface area contributed by atoms with Crippen LogP contribution in [0.25, 0.3) is 0 Å². The van der Waals surface area contributed by atoms with Gasteiger partial charge >= 0.3 is 0 Å². The molecule has 2 heterocycles. The highest BCUT2D eigenvalue weighted by Crippen LogP contribution is 2.10. The van der Waals surface area contributed by atoms with E-state index in [2.05, 4.69) is 33.9 Å². The number of nitrogens with two attached hydrogens (primary N) is 1. The summed E-state index contributed by atoms with van der Waals surface area (Å²) in [5.41, 5.74) is 6.03. The fraction of sp³-hybridized carbons (Fsp3) is 0.750. The number of piperazine rings is 1. The number of aromatic nitrogens is 1. The van der Waals surface area contributed by atoms with Crippen molar-refractivity contribution >= 4 is 54.5 Å². The van der Waals surface area contributed by atoms with Gasteiger partial charge < -0.3 is 20.9 Å². The molecule has 1 aliphatic heterocycles. The Hall–Kier alpha value is -0.150. The summed E-state index contributed by atoms with van der Waals surface area (Å²) in [7, 11) is 0. The van der Waals surface area contributed by atoms with Crippen LogP contribution in [0, 0.1) is 5.92 Å². The summed E-state index contributed by atoms with van der Waals surface area (Å²) in [5.74, 6) is 0.362. The van der Waals surface area contributed by atoms with Crippen molar-refractivity contribution in [3.05, 3.63) is 16.1 Å². The van der Waals surface area contributed by atoms with E-state index in [4.69, 9.17) is 5.73 Å². The van der Waals surface area contributed by atoms with Crippen molar-refractivity contribution in [3.8, 4) is 0 Å². The first kappa shape index (κ1) is 28.1. The van der Waals surface area contributed by atoms with Crippen molar-refractivity contribution in [2.45, 2.75) is 20.3 Å². The zero-order valence-electron chi connectivity index (χ0n) is 15.5. The van der Waals surface area contributed by atoms with Crippen LogP contribution in [0.4, 0.5) is 0 Å². The number of carbonyl (C=O) groups excluding carboxylic acids is 1. The van der Waals surface area contributed by atoms with E-state index in [1.54, 1.807) is 0 Å². The first-order valence-electron chi connectivity index (χ1n) is 8.49. The molecule has 0 bridgehead atoms. The summed E-state index contributed by atoms with van der Waals surface area (Å²) in [6.07, 6.45) is 0.734. The second-order valence-electron chi connectivity index (χ2n) is 6.22. The van der Waals surface area contributed by atoms with Crippen LogP contribution in [0.2, 0.25) is 0 Å². The van der Waals surface area contributed by atoms with Gasteiger partial charge in [0.15, 0.2) is 0 Å². The Labute approximate surface area is 179 Å². The molecule has 1 unspecified atom stereocenters. The third-order valence-electron chi connectivity index (χ3n) is 4.24. The van der Waals surface area contributed by atoms with Gasteiger partial charge in [0.25, 0.3) is 5.91 Å². The number of halogens is 3. The molecule has 1 aliphatic rings. The summed E-state index contributed by atoms with van der Waals surface area (Å²) in [6.45, 7) is 12.4. The van der Waals surface area contributed by atoms with Gasteiger partial charge in [-0.05, 0) is 19.0 Å². The first-order valence-corrected chi connectivity index (χ1v) is 9.37. The lowest BCUT2D eigenvalue weighted by Gasteiger charge is -2.35. The number of nitrogens with zero attached hydrogens (tertiary/aromatic N) is 3. The van der Waals surface area contributed by atoms with E-state index in [-0.39, 0.29) is 43.1 Å². The van der Waals surface area contributed by atoms with Gasteiger partial charge in [-0.2, -0.15) is 0 Å². The second-order valence-corrected chi connectivity index (χ2v) is 7.16. The average molecular weight is 449 g/mol. The van der Waals surface area contributed by atoms with Crippen LogP contribution in [0.1, 0.15) is 29.3 Å². The Morgan fingerprint density at radius 1 is 1.27 bits per heavy atom. The number of amides is 1. The number of thiazole rings is 1. The largest absolute Gasteiger partial charge is 0.350 e. The summed E-state index contributed by atoms with van der Waals surface area (Å²) in [4.78, 5) is 21.4. The van der Waals surface area contributed by atoms with E-state index >= 15 is 0 Å². The lowest BCUT2D eigenvalue weighted by molar-refractivity contribution is 0.0929. The Bertz CT molecular complexity index is 498. The van der Waals surface area contributed by atoms with Crippen LogP contribution in [0.15, 0.2) is 5.38 Å². The molecule has 26 heavy (non-hydrogen) atoms. The van der Waals surface area contributed by atoms with Gasteiger partial charge in [-0.1, -0.05) is 13.8 Å². The zero-order valence-corrected chi connectivity index (χ0v) is 18.7. The number of hydrogen-bond donors (Lipinski definition) is 2.